The molecular formula is C53H84N3O24P. The van der Waals surface area contributed by atoms with Gasteiger partial charge in [0.2, 0.25) is 11.8 Å². The van der Waals surface area contributed by atoms with E-state index < -0.39 is 125 Å². The third-order valence-electron chi connectivity index (χ3n) is 13.0. The SMILES string of the molecule is CCC(=O)COc1ccc(-c2cccc(C(=O)NCCCCCCOP(C)(=O)O)c2)cc1.CCCOCCC(=O)NCCCO[C@@H]1OC(CO)[C@@H](O[C@@H]2OC(CO)[C@H](O)[C@H](O[C@H]3OC(CO)[C@H](O)C(O)[C@@H]3O)C2O)[C@H](O)C1NC(C)=O. The van der Waals surface area contributed by atoms with Crippen molar-refractivity contribution in [2.75, 3.05) is 72.6 Å². The predicted molar refractivity (Wildman–Crippen MR) is 285 cm³/mol. The van der Waals surface area contributed by atoms with Gasteiger partial charge in [-0.25, -0.2) is 0 Å². The number of hydrogen-bond donors (Lipinski definition) is 13. The van der Waals surface area contributed by atoms with Gasteiger partial charge < -0.3 is 109 Å². The van der Waals surface area contributed by atoms with Gasteiger partial charge in [-0.3, -0.25) is 23.7 Å². The number of rotatable bonds is 32. The second-order valence-electron chi connectivity index (χ2n) is 19.6. The summed E-state index contributed by atoms with van der Waals surface area (Å²) in [7, 11) is -3.39. The summed E-state index contributed by atoms with van der Waals surface area (Å²) in [6, 6.07) is 13.6. The Hall–Kier alpha value is -4.17. The van der Waals surface area contributed by atoms with Gasteiger partial charge in [-0.1, -0.05) is 51.0 Å². The fraction of sp³-hybridized carbons (Fsp3) is 0.698. The molecule has 3 fully saturated rings. The number of hydrogen-bond acceptors (Lipinski definition) is 23. The van der Waals surface area contributed by atoms with E-state index in [0.717, 1.165) is 36.8 Å². The molecule has 3 amide bonds. The van der Waals surface area contributed by atoms with Crippen LogP contribution in [0.3, 0.4) is 0 Å². The van der Waals surface area contributed by atoms with Crippen molar-refractivity contribution >= 4 is 31.1 Å². The average Bonchev–Trinajstić information content (AvgIpc) is 3.45. The minimum atomic E-state index is -3.39. The Kier molecular flexibility index (Phi) is 30.7. The lowest BCUT2D eigenvalue weighted by atomic mass is 9.95. The molecule has 0 aromatic heterocycles. The van der Waals surface area contributed by atoms with Gasteiger partial charge in [0, 0.05) is 51.7 Å². The lowest BCUT2D eigenvalue weighted by molar-refractivity contribution is -0.376. The molecule has 0 radical (unpaired) electrons. The molecule has 16 atom stereocenters. The fourth-order valence-electron chi connectivity index (χ4n) is 8.55. The summed E-state index contributed by atoms with van der Waals surface area (Å²) in [5.41, 5.74) is 2.47. The molecule has 3 saturated heterocycles. The van der Waals surface area contributed by atoms with E-state index in [4.69, 9.17) is 47.3 Å². The first-order valence-corrected chi connectivity index (χ1v) is 29.2. The summed E-state index contributed by atoms with van der Waals surface area (Å²) in [5, 5.41) is 101. The molecule has 28 heteroatoms. The van der Waals surface area contributed by atoms with E-state index in [1.54, 1.807) is 13.0 Å². The highest BCUT2D eigenvalue weighted by molar-refractivity contribution is 7.51. The number of ether oxygens (including phenoxy) is 8. The average molecular weight is 1180 g/mol. The van der Waals surface area contributed by atoms with Crippen LogP contribution in [0, 0.1) is 0 Å². The number of aliphatic hydroxyl groups excluding tert-OH is 9. The van der Waals surface area contributed by atoms with Gasteiger partial charge in [0.25, 0.3) is 5.91 Å². The Morgan fingerprint density at radius 1 is 0.642 bits per heavy atom. The van der Waals surface area contributed by atoms with Crippen molar-refractivity contribution in [3.05, 3.63) is 54.1 Å². The summed E-state index contributed by atoms with van der Waals surface area (Å²) in [6.07, 6.45) is -17.9. The number of ketones is 1. The molecule has 3 aliphatic heterocycles. The van der Waals surface area contributed by atoms with Crippen LogP contribution >= 0.6 is 7.60 Å². The summed E-state index contributed by atoms with van der Waals surface area (Å²) < 4.78 is 60.4. The van der Waals surface area contributed by atoms with Crippen LogP contribution in [0.1, 0.15) is 82.5 Å². The van der Waals surface area contributed by atoms with E-state index in [2.05, 4.69) is 16.0 Å². The largest absolute Gasteiger partial charge is 0.486 e. The smallest absolute Gasteiger partial charge is 0.325 e. The van der Waals surface area contributed by atoms with Crippen LogP contribution in [0.2, 0.25) is 0 Å². The van der Waals surface area contributed by atoms with Gasteiger partial charge in [-0.15, -0.1) is 0 Å². The van der Waals surface area contributed by atoms with E-state index in [1.807, 2.05) is 49.4 Å². The minimum absolute atomic E-state index is 0.0151. The quantitative estimate of drug-likeness (QED) is 0.0301. The number of benzene rings is 2. The van der Waals surface area contributed by atoms with Crippen molar-refractivity contribution in [3.63, 3.8) is 0 Å². The van der Waals surface area contributed by atoms with Gasteiger partial charge in [0.15, 0.2) is 24.7 Å². The number of amides is 3. The van der Waals surface area contributed by atoms with Gasteiger partial charge >= 0.3 is 7.60 Å². The van der Waals surface area contributed by atoms with E-state index >= 15 is 0 Å². The number of carbonyl (C=O) groups is 4. The predicted octanol–water partition coefficient (Wildman–Crippen LogP) is -1.25. The third kappa shape index (κ3) is 22.7. The Morgan fingerprint density at radius 2 is 1.27 bits per heavy atom. The van der Waals surface area contributed by atoms with Gasteiger partial charge in [0.1, 0.15) is 85.5 Å². The fourth-order valence-corrected chi connectivity index (χ4v) is 9.02. The summed E-state index contributed by atoms with van der Waals surface area (Å²) in [5.74, 6) is -0.223. The van der Waals surface area contributed by atoms with E-state index in [1.165, 1.54) is 13.6 Å². The Bertz CT molecular complexity index is 2230. The standard InChI is InChI=1S/C29H52N2O18.C24H32NO6P/c1-3-7-43-9-5-17(36)30-6-4-8-44-27-18(31-13(2)35)21(39)25(16(12-34)47-27)48-29-24(42)26(20(38)15(11-33)46-29)49-28-23(41)22(40)19(37)14(10-32)45-28;1-3-22(26)18-30-23-13-11-19(12-14-23)20-9-8-10-21(17-20)24(27)25-15-6-4-5-7-16-31-32(2,28)29/h14-16,18-29,32-34,37-42H,3-12H2,1-2H3,(H,30,36)(H,31,35);8-14,17H,3-7,15-16,18H2,1-2H3,(H,25,27)(H,28,29)/t14?,15?,16?,18?,19-,20-,21+,22?,23-,24?,25+,26-,27+,28+,29-;/m0./s1. The van der Waals surface area contributed by atoms with Crippen molar-refractivity contribution in [3.8, 4) is 16.9 Å². The number of unbranched alkanes of at least 4 members (excludes halogenated alkanes) is 3. The third-order valence-corrected chi connectivity index (χ3v) is 13.7. The lowest BCUT2D eigenvalue weighted by Crippen LogP contribution is -2.68. The summed E-state index contributed by atoms with van der Waals surface area (Å²) in [4.78, 5) is 56.9. The van der Waals surface area contributed by atoms with Crippen molar-refractivity contribution in [1.82, 2.24) is 16.0 Å². The maximum absolute atomic E-state index is 12.5. The van der Waals surface area contributed by atoms with E-state index in [-0.39, 0.29) is 50.4 Å². The Morgan fingerprint density at radius 3 is 1.91 bits per heavy atom. The van der Waals surface area contributed by atoms with Crippen LogP contribution in [0.15, 0.2) is 48.5 Å². The zero-order valence-corrected chi connectivity index (χ0v) is 47.0. The van der Waals surface area contributed by atoms with Crippen molar-refractivity contribution in [2.45, 2.75) is 164 Å². The van der Waals surface area contributed by atoms with Crippen molar-refractivity contribution in [2.24, 2.45) is 0 Å². The molecule has 0 spiro atoms. The van der Waals surface area contributed by atoms with Crippen molar-refractivity contribution < 1.29 is 117 Å². The van der Waals surface area contributed by atoms with Crippen LogP contribution in [-0.4, -0.2) is 239 Å². The molecule has 0 bridgehead atoms. The molecule has 2 aromatic rings. The highest BCUT2D eigenvalue weighted by Crippen LogP contribution is 2.37. The summed E-state index contributed by atoms with van der Waals surface area (Å²) in [6.45, 7) is 5.81. The van der Waals surface area contributed by atoms with Gasteiger partial charge in [0.05, 0.1) is 39.6 Å². The van der Waals surface area contributed by atoms with E-state index in [9.17, 15) is 69.7 Å². The van der Waals surface area contributed by atoms with Gasteiger partial charge in [-0.2, -0.15) is 0 Å². The second-order valence-corrected chi connectivity index (χ2v) is 21.4. The van der Waals surface area contributed by atoms with E-state index in [0.29, 0.717) is 50.3 Å². The first-order chi connectivity index (χ1) is 38.7. The maximum atomic E-state index is 12.5. The molecule has 13 N–H and O–H groups in total. The molecule has 0 saturated carbocycles. The molecule has 7 unspecified atom stereocenters. The monoisotopic (exact) mass is 1180 g/mol. The summed E-state index contributed by atoms with van der Waals surface area (Å²) >= 11 is 0. The highest BCUT2D eigenvalue weighted by atomic mass is 31.2. The topological polar surface area (TPSA) is 407 Å². The number of Topliss-reactive ketones (excluding diaryl/α,β-unsaturated/α-hetero) is 1. The molecule has 0 aliphatic carbocycles. The molecule has 81 heavy (non-hydrogen) atoms. The van der Waals surface area contributed by atoms with Crippen molar-refractivity contribution in [1.29, 1.82) is 0 Å². The Labute approximate surface area is 470 Å². The zero-order valence-electron chi connectivity index (χ0n) is 46.1. The normalized spacial score (nSPS) is 29.1. The van der Waals surface area contributed by atoms with Crippen LogP contribution in [0.25, 0.3) is 11.1 Å². The maximum Gasteiger partial charge on any atom is 0.325 e. The van der Waals surface area contributed by atoms with Crippen LogP contribution < -0.4 is 20.7 Å². The number of carbonyl (C=O) groups excluding carboxylic acids is 4. The van der Waals surface area contributed by atoms with Gasteiger partial charge in [-0.05, 0) is 61.1 Å². The molecule has 460 valence electrons. The van der Waals surface area contributed by atoms with Crippen LogP contribution in [0.5, 0.6) is 5.75 Å². The molecule has 5 rings (SSSR count). The molecule has 27 nitrogen and oxygen atoms in total. The molecular weight excluding hydrogens is 1090 g/mol. The number of aliphatic hydroxyl groups is 9. The highest BCUT2D eigenvalue weighted by Gasteiger charge is 2.54. The molecule has 3 aliphatic rings. The zero-order chi connectivity index (χ0) is 59.6. The van der Waals surface area contributed by atoms with Crippen LogP contribution in [0.4, 0.5) is 0 Å². The second kappa shape index (κ2) is 35.9. The first kappa shape index (κ1) is 69.3. The Balaban J connectivity index is 0.000000381. The molecule has 3 heterocycles. The lowest BCUT2D eigenvalue weighted by Gasteiger charge is -2.48. The number of nitrogens with one attached hydrogen (secondary N) is 3. The minimum Gasteiger partial charge on any atom is -0.486 e. The van der Waals surface area contributed by atoms with Crippen LogP contribution in [-0.2, 0) is 56.6 Å². The first-order valence-electron chi connectivity index (χ1n) is 27.2. The molecule has 2 aromatic carbocycles.